The molecule has 0 spiro atoms. The summed E-state index contributed by atoms with van der Waals surface area (Å²) < 4.78 is 0. The standard InChI is InChI=1S/C15H18N4O3/c1-15(7-3-2-4-10(15)14(21)22)16-13(20)9-5-6-11-12(8-9)18-19-17-11/h5-6,8,10H,2-4,7H2,1H3,(H,16,20)(H,21,22)(H,17,18,19). The molecular weight excluding hydrogens is 284 g/mol. The molecule has 2 atom stereocenters. The molecule has 7 heteroatoms. The predicted octanol–water partition coefficient (Wildman–Crippen LogP) is 1.72. The highest BCUT2D eigenvalue weighted by molar-refractivity contribution is 5.97. The summed E-state index contributed by atoms with van der Waals surface area (Å²) in [5.41, 5.74) is 1.03. The Labute approximate surface area is 127 Å². The molecule has 0 radical (unpaired) electrons. The third-order valence-electron chi connectivity index (χ3n) is 4.48. The van der Waals surface area contributed by atoms with Gasteiger partial charge in [0.25, 0.3) is 5.91 Å². The maximum atomic E-state index is 12.5. The molecule has 1 heterocycles. The van der Waals surface area contributed by atoms with Crippen LogP contribution in [0.5, 0.6) is 0 Å². The van der Waals surface area contributed by atoms with Crippen molar-refractivity contribution in [2.45, 2.75) is 38.1 Å². The number of H-pyrrole nitrogens is 1. The number of aromatic amines is 1. The highest BCUT2D eigenvalue weighted by Crippen LogP contribution is 2.34. The van der Waals surface area contributed by atoms with E-state index < -0.39 is 17.4 Å². The van der Waals surface area contributed by atoms with Gasteiger partial charge >= 0.3 is 5.97 Å². The fourth-order valence-corrected chi connectivity index (χ4v) is 3.19. The number of aliphatic carboxylic acids is 1. The number of nitrogens with zero attached hydrogens (tertiary/aromatic N) is 2. The molecule has 22 heavy (non-hydrogen) atoms. The van der Waals surface area contributed by atoms with E-state index in [-0.39, 0.29) is 5.91 Å². The van der Waals surface area contributed by atoms with E-state index in [0.717, 1.165) is 12.8 Å². The van der Waals surface area contributed by atoms with Crippen LogP contribution in [0.15, 0.2) is 18.2 Å². The van der Waals surface area contributed by atoms with Crippen molar-refractivity contribution in [3.8, 4) is 0 Å². The Kier molecular flexibility index (Phi) is 3.56. The number of carboxylic acid groups (broad SMARTS) is 1. The Bertz CT molecular complexity index is 726. The predicted molar refractivity (Wildman–Crippen MR) is 79.4 cm³/mol. The van der Waals surface area contributed by atoms with Gasteiger partial charge in [-0.1, -0.05) is 12.8 Å². The molecule has 7 nitrogen and oxygen atoms in total. The summed E-state index contributed by atoms with van der Waals surface area (Å²) in [7, 11) is 0. The molecule has 1 aliphatic carbocycles. The lowest BCUT2D eigenvalue weighted by molar-refractivity contribution is -0.145. The molecule has 3 rings (SSSR count). The van der Waals surface area contributed by atoms with E-state index in [1.807, 2.05) is 6.92 Å². The zero-order valence-corrected chi connectivity index (χ0v) is 12.3. The average Bonchev–Trinajstić information content (AvgIpc) is 2.94. The van der Waals surface area contributed by atoms with Crippen molar-refractivity contribution in [2.75, 3.05) is 0 Å². The van der Waals surface area contributed by atoms with Crippen LogP contribution in [0.3, 0.4) is 0 Å². The molecule has 1 aromatic heterocycles. The summed E-state index contributed by atoms with van der Waals surface area (Å²) in [6, 6.07) is 5.03. The molecule has 0 bridgehead atoms. The van der Waals surface area contributed by atoms with Crippen LogP contribution in [-0.4, -0.2) is 37.9 Å². The molecule has 1 aromatic carbocycles. The third-order valence-corrected chi connectivity index (χ3v) is 4.48. The lowest BCUT2D eigenvalue weighted by Crippen LogP contribution is -2.55. The Morgan fingerprint density at radius 3 is 2.86 bits per heavy atom. The minimum atomic E-state index is -0.852. The van der Waals surface area contributed by atoms with Crippen LogP contribution < -0.4 is 5.32 Å². The van der Waals surface area contributed by atoms with Gasteiger partial charge in [-0.2, -0.15) is 15.4 Å². The molecule has 116 valence electrons. The number of rotatable bonds is 3. The topological polar surface area (TPSA) is 108 Å². The van der Waals surface area contributed by atoms with E-state index in [4.69, 9.17) is 0 Å². The Balaban J connectivity index is 1.83. The second kappa shape index (κ2) is 5.40. The summed E-state index contributed by atoms with van der Waals surface area (Å²) in [6.07, 6.45) is 3.06. The van der Waals surface area contributed by atoms with E-state index in [1.54, 1.807) is 18.2 Å². The van der Waals surface area contributed by atoms with Gasteiger partial charge in [-0.15, -0.1) is 0 Å². The molecule has 1 fully saturated rings. The summed E-state index contributed by atoms with van der Waals surface area (Å²) >= 11 is 0. The number of carbonyl (C=O) groups is 2. The molecule has 1 aliphatic rings. The fraction of sp³-hybridized carbons (Fsp3) is 0.467. The van der Waals surface area contributed by atoms with Gasteiger partial charge in [0, 0.05) is 5.56 Å². The van der Waals surface area contributed by atoms with Crippen LogP contribution in [0.1, 0.15) is 43.0 Å². The maximum Gasteiger partial charge on any atom is 0.308 e. The number of carboxylic acids is 1. The van der Waals surface area contributed by atoms with Crippen molar-refractivity contribution < 1.29 is 14.7 Å². The van der Waals surface area contributed by atoms with Crippen molar-refractivity contribution >= 4 is 22.9 Å². The highest BCUT2D eigenvalue weighted by atomic mass is 16.4. The average molecular weight is 302 g/mol. The van der Waals surface area contributed by atoms with Gasteiger partial charge in [0.15, 0.2) is 0 Å². The van der Waals surface area contributed by atoms with Gasteiger partial charge in [0.1, 0.15) is 11.0 Å². The number of hydrogen-bond donors (Lipinski definition) is 3. The molecule has 0 aliphatic heterocycles. The van der Waals surface area contributed by atoms with E-state index in [1.165, 1.54) is 0 Å². The molecule has 0 saturated heterocycles. The molecule has 2 unspecified atom stereocenters. The second-order valence-electron chi connectivity index (χ2n) is 6.04. The minimum Gasteiger partial charge on any atom is -0.481 e. The number of carbonyl (C=O) groups excluding carboxylic acids is 1. The van der Waals surface area contributed by atoms with E-state index in [9.17, 15) is 14.7 Å². The first-order valence-corrected chi connectivity index (χ1v) is 7.35. The largest absolute Gasteiger partial charge is 0.481 e. The van der Waals surface area contributed by atoms with Gasteiger partial charge < -0.3 is 10.4 Å². The molecule has 1 amide bonds. The molecule has 1 saturated carbocycles. The lowest BCUT2D eigenvalue weighted by atomic mass is 9.73. The second-order valence-corrected chi connectivity index (χ2v) is 6.04. The first-order valence-electron chi connectivity index (χ1n) is 7.35. The quantitative estimate of drug-likeness (QED) is 0.800. The number of hydrogen-bond acceptors (Lipinski definition) is 4. The maximum absolute atomic E-state index is 12.5. The molecule has 3 N–H and O–H groups in total. The van der Waals surface area contributed by atoms with Crippen LogP contribution in [0.25, 0.3) is 11.0 Å². The first-order chi connectivity index (χ1) is 10.5. The Hall–Kier alpha value is -2.44. The Morgan fingerprint density at radius 1 is 1.32 bits per heavy atom. The number of nitrogens with one attached hydrogen (secondary N) is 2. The lowest BCUT2D eigenvalue weighted by Gasteiger charge is -2.39. The number of benzene rings is 1. The van der Waals surface area contributed by atoms with Gasteiger partial charge in [-0.05, 0) is 38.0 Å². The van der Waals surface area contributed by atoms with Crippen molar-refractivity contribution in [1.29, 1.82) is 0 Å². The monoisotopic (exact) mass is 302 g/mol. The van der Waals surface area contributed by atoms with Crippen LogP contribution in [0.2, 0.25) is 0 Å². The van der Waals surface area contributed by atoms with Gasteiger partial charge in [-0.3, -0.25) is 9.59 Å². The van der Waals surface area contributed by atoms with Crippen LogP contribution >= 0.6 is 0 Å². The zero-order valence-electron chi connectivity index (χ0n) is 12.3. The minimum absolute atomic E-state index is 0.277. The van der Waals surface area contributed by atoms with Crippen molar-refractivity contribution in [1.82, 2.24) is 20.7 Å². The summed E-state index contributed by atoms with van der Waals surface area (Å²) in [5, 5.41) is 22.7. The van der Waals surface area contributed by atoms with Crippen LogP contribution in [-0.2, 0) is 4.79 Å². The van der Waals surface area contributed by atoms with Gasteiger partial charge in [-0.25, -0.2) is 0 Å². The number of aromatic nitrogens is 3. The normalized spacial score (nSPS) is 25.0. The van der Waals surface area contributed by atoms with Crippen molar-refractivity contribution in [3.63, 3.8) is 0 Å². The number of amides is 1. The zero-order chi connectivity index (χ0) is 15.7. The molecule has 2 aromatic rings. The van der Waals surface area contributed by atoms with E-state index in [0.29, 0.717) is 29.4 Å². The summed E-state index contributed by atoms with van der Waals surface area (Å²) in [5.74, 6) is -1.68. The van der Waals surface area contributed by atoms with Crippen LogP contribution in [0, 0.1) is 5.92 Å². The summed E-state index contributed by atoms with van der Waals surface area (Å²) in [4.78, 5) is 23.9. The highest BCUT2D eigenvalue weighted by Gasteiger charge is 2.42. The SMILES string of the molecule is CC1(NC(=O)c2ccc3n[nH]nc3c2)CCCCC1C(=O)O. The Morgan fingerprint density at radius 2 is 2.09 bits per heavy atom. The van der Waals surface area contributed by atoms with Gasteiger partial charge in [0.2, 0.25) is 0 Å². The van der Waals surface area contributed by atoms with Crippen molar-refractivity contribution in [2.24, 2.45) is 5.92 Å². The number of fused-ring (bicyclic) bond motifs is 1. The summed E-state index contributed by atoms with van der Waals surface area (Å²) in [6.45, 7) is 1.82. The van der Waals surface area contributed by atoms with Crippen LogP contribution in [0.4, 0.5) is 0 Å². The van der Waals surface area contributed by atoms with Gasteiger partial charge in [0.05, 0.1) is 11.5 Å². The third kappa shape index (κ3) is 2.54. The van der Waals surface area contributed by atoms with E-state index in [2.05, 4.69) is 20.7 Å². The fourth-order valence-electron chi connectivity index (χ4n) is 3.19. The smallest absolute Gasteiger partial charge is 0.308 e. The van der Waals surface area contributed by atoms with E-state index >= 15 is 0 Å². The first kappa shape index (κ1) is 14.5. The van der Waals surface area contributed by atoms with Crippen molar-refractivity contribution in [3.05, 3.63) is 23.8 Å². The molecular formula is C15H18N4O3.